The van der Waals surface area contributed by atoms with Gasteiger partial charge in [-0.25, -0.2) is 0 Å². The van der Waals surface area contributed by atoms with Gasteiger partial charge in [-0.05, 0) is 32.0 Å². The second kappa shape index (κ2) is 7.65. The normalized spacial score (nSPS) is 11.8. The third kappa shape index (κ3) is 6.07. The van der Waals surface area contributed by atoms with Crippen LogP contribution in [0, 0.1) is 0 Å². The zero-order valence-electron chi connectivity index (χ0n) is 12.4. The molecule has 1 aromatic carbocycles. The van der Waals surface area contributed by atoms with Gasteiger partial charge in [0.25, 0.3) is 0 Å². The van der Waals surface area contributed by atoms with Crippen LogP contribution in [-0.4, -0.2) is 41.0 Å². The van der Waals surface area contributed by atoms with E-state index >= 15 is 0 Å². The van der Waals surface area contributed by atoms with Gasteiger partial charge in [0.05, 0.1) is 24.3 Å². The van der Waals surface area contributed by atoms with E-state index in [1.165, 1.54) is 11.0 Å². The van der Waals surface area contributed by atoms with E-state index in [1.807, 2.05) is 0 Å². The van der Waals surface area contributed by atoms with E-state index in [2.05, 4.69) is 5.32 Å². The summed E-state index contributed by atoms with van der Waals surface area (Å²) in [5.41, 5.74) is -1.49. The van der Waals surface area contributed by atoms with Crippen LogP contribution >= 0.6 is 11.6 Å². The highest BCUT2D eigenvalue weighted by atomic mass is 35.5. The largest absolute Gasteiger partial charge is 0.480 e. The van der Waals surface area contributed by atoms with Gasteiger partial charge in [-0.1, -0.05) is 11.6 Å². The van der Waals surface area contributed by atoms with Crippen molar-refractivity contribution in [3.63, 3.8) is 0 Å². The monoisotopic (exact) mass is 352 g/mol. The number of nitrogens with zero attached hydrogens (tertiary/aromatic N) is 1. The number of hydrogen-bond donors (Lipinski definition) is 2. The Morgan fingerprint density at radius 2 is 1.91 bits per heavy atom. The maximum absolute atomic E-state index is 12.9. The van der Waals surface area contributed by atoms with Crippen LogP contribution in [0.3, 0.4) is 0 Å². The third-order valence-electron chi connectivity index (χ3n) is 2.98. The number of carbonyl (C=O) groups is 2. The number of rotatable bonds is 6. The number of alkyl halides is 3. The Hall–Kier alpha value is -1.80. The number of anilines is 1. The lowest BCUT2D eigenvalue weighted by Gasteiger charge is -2.24. The highest BCUT2D eigenvalue weighted by Crippen LogP contribution is 2.36. The molecule has 0 spiro atoms. The first-order valence-electron chi connectivity index (χ1n) is 6.63. The molecule has 0 aliphatic carbocycles. The number of halogens is 4. The SMILES string of the molecule is CC(C)N(CC(=O)O)CC(=O)Nc1ccc(Cl)cc1C(F)(F)F. The molecule has 0 fully saturated rings. The number of hydrogen-bond acceptors (Lipinski definition) is 3. The summed E-state index contributed by atoms with van der Waals surface area (Å²) in [6, 6.07) is 2.74. The van der Waals surface area contributed by atoms with Gasteiger partial charge in [0.1, 0.15) is 0 Å². The first-order chi connectivity index (χ1) is 10.5. The Morgan fingerprint density at radius 3 is 2.39 bits per heavy atom. The molecule has 0 radical (unpaired) electrons. The van der Waals surface area contributed by atoms with E-state index in [0.29, 0.717) is 6.07 Å². The van der Waals surface area contributed by atoms with Crippen molar-refractivity contribution in [1.29, 1.82) is 0 Å². The molecule has 0 atom stereocenters. The van der Waals surface area contributed by atoms with Crippen LogP contribution < -0.4 is 5.32 Å². The zero-order valence-corrected chi connectivity index (χ0v) is 13.2. The quantitative estimate of drug-likeness (QED) is 0.825. The van der Waals surface area contributed by atoms with Crippen LogP contribution in [0.2, 0.25) is 5.02 Å². The van der Waals surface area contributed by atoms with Gasteiger partial charge in [-0.3, -0.25) is 14.5 Å². The highest BCUT2D eigenvalue weighted by molar-refractivity contribution is 6.30. The lowest BCUT2D eigenvalue weighted by molar-refractivity contribution is -0.139. The van der Waals surface area contributed by atoms with Crippen molar-refractivity contribution in [3.05, 3.63) is 28.8 Å². The smallest absolute Gasteiger partial charge is 0.418 e. The van der Waals surface area contributed by atoms with Crippen LogP contribution in [0.4, 0.5) is 18.9 Å². The molecule has 0 aliphatic rings. The topological polar surface area (TPSA) is 69.6 Å². The predicted molar refractivity (Wildman–Crippen MR) is 79.4 cm³/mol. The molecule has 5 nitrogen and oxygen atoms in total. The molecule has 1 aromatic rings. The minimum Gasteiger partial charge on any atom is -0.480 e. The van der Waals surface area contributed by atoms with Crippen molar-refractivity contribution in [2.75, 3.05) is 18.4 Å². The number of nitrogens with one attached hydrogen (secondary N) is 1. The molecule has 0 saturated carbocycles. The van der Waals surface area contributed by atoms with Crippen LogP contribution in [0.15, 0.2) is 18.2 Å². The lowest BCUT2D eigenvalue weighted by atomic mass is 10.1. The molecular weight excluding hydrogens is 337 g/mol. The zero-order chi connectivity index (χ0) is 17.8. The summed E-state index contributed by atoms with van der Waals surface area (Å²) in [7, 11) is 0. The maximum Gasteiger partial charge on any atom is 0.418 e. The van der Waals surface area contributed by atoms with Crippen molar-refractivity contribution < 1.29 is 27.9 Å². The molecule has 1 rings (SSSR count). The van der Waals surface area contributed by atoms with Gasteiger partial charge in [0, 0.05) is 11.1 Å². The maximum atomic E-state index is 12.9. The van der Waals surface area contributed by atoms with Crippen LogP contribution in [0.1, 0.15) is 19.4 Å². The molecule has 0 saturated heterocycles. The molecular formula is C14H16ClF3N2O3. The van der Waals surface area contributed by atoms with Crippen molar-refractivity contribution in [1.82, 2.24) is 4.90 Å². The van der Waals surface area contributed by atoms with E-state index in [4.69, 9.17) is 16.7 Å². The fourth-order valence-electron chi connectivity index (χ4n) is 1.83. The summed E-state index contributed by atoms with van der Waals surface area (Å²) >= 11 is 5.56. The number of carbonyl (C=O) groups excluding carboxylic acids is 1. The molecule has 23 heavy (non-hydrogen) atoms. The van der Waals surface area contributed by atoms with Crippen LogP contribution in [0.25, 0.3) is 0 Å². The highest BCUT2D eigenvalue weighted by Gasteiger charge is 2.34. The molecule has 0 unspecified atom stereocenters. The Morgan fingerprint density at radius 1 is 1.30 bits per heavy atom. The number of benzene rings is 1. The predicted octanol–water partition coefficient (Wildman–Crippen LogP) is 3.09. The first-order valence-corrected chi connectivity index (χ1v) is 7.01. The van der Waals surface area contributed by atoms with Gasteiger partial charge in [-0.15, -0.1) is 0 Å². The van der Waals surface area contributed by atoms with E-state index in [-0.39, 0.29) is 17.6 Å². The Kier molecular flexibility index (Phi) is 6.40. The molecule has 1 amide bonds. The minimum absolute atomic E-state index is 0.106. The Balaban J connectivity index is 2.91. The van der Waals surface area contributed by atoms with Gasteiger partial charge >= 0.3 is 12.1 Å². The molecule has 0 aromatic heterocycles. The van der Waals surface area contributed by atoms with Crippen LogP contribution in [0.5, 0.6) is 0 Å². The van der Waals surface area contributed by atoms with Gasteiger partial charge in [0.15, 0.2) is 0 Å². The van der Waals surface area contributed by atoms with Gasteiger partial charge < -0.3 is 10.4 Å². The number of amides is 1. The van der Waals surface area contributed by atoms with Crippen LogP contribution in [-0.2, 0) is 15.8 Å². The lowest BCUT2D eigenvalue weighted by Crippen LogP contribution is -2.41. The van der Waals surface area contributed by atoms with Gasteiger partial charge in [-0.2, -0.15) is 13.2 Å². The molecule has 0 bridgehead atoms. The number of aliphatic carboxylic acids is 1. The third-order valence-corrected chi connectivity index (χ3v) is 3.21. The molecule has 128 valence electrons. The average Bonchev–Trinajstić information content (AvgIpc) is 2.38. The second-order valence-corrected chi connectivity index (χ2v) is 5.56. The summed E-state index contributed by atoms with van der Waals surface area (Å²) in [6.07, 6.45) is -4.67. The van der Waals surface area contributed by atoms with Gasteiger partial charge in [0.2, 0.25) is 5.91 Å². The standard InChI is InChI=1S/C14H16ClF3N2O3/c1-8(2)20(7-13(22)23)6-12(21)19-11-4-3-9(15)5-10(11)14(16,17)18/h3-5,8H,6-7H2,1-2H3,(H,19,21)(H,22,23). The minimum atomic E-state index is -4.67. The van der Waals surface area contributed by atoms with E-state index in [1.54, 1.807) is 13.8 Å². The second-order valence-electron chi connectivity index (χ2n) is 5.13. The van der Waals surface area contributed by atoms with Crippen molar-refractivity contribution in [3.8, 4) is 0 Å². The van der Waals surface area contributed by atoms with Crippen molar-refractivity contribution in [2.24, 2.45) is 0 Å². The molecule has 2 N–H and O–H groups in total. The summed E-state index contributed by atoms with van der Waals surface area (Å²) in [6.45, 7) is 2.63. The fraction of sp³-hybridized carbons (Fsp3) is 0.429. The number of carboxylic acid groups (broad SMARTS) is 1. The Bertz CT molecular complexity index is 591. The number of carboxylic acids is 1. The molecule has 9 heteroatoms. The van der Waals surface area contributed by atoms with Crippen molar-refractivity contribution >= 4 is 29.2 Å². The van der Waals surface area contributed by atoms with E-state index in [9.17, 15) is 22.8 Å². The fourth-order valence-corrected chi connectivity index (χ4v) is 2.00. The first kappa shape index (κ1) is 19.2. The average molecular weight is 353 g/mol. The summed E-state index contributed by atoms with van der Waals surface area (Å²) in [4.78, 5) is 24.0. The summed E-state index contributed by atoms with van der Waals surface area (Å²) in [5.74, 6) is -1.87. The summed E-state index contributed by atoms with van der Waals surface area (Å²) in [5, 5.41) is 10.8. The summed E-state index contributed by atoms with van der Waals surface area (Å²) < 4.78 is 38.8. The van der Waals surface area contributed by atoms with Crippen molar-refractivity contribution in [2.45, 2.75) is 26.1 Å². The van der Waals surface area contributed by atoms with E-state index < -0.39 is 35.8 Å². The Labute approximate surface area is 136 Å². The van der Waals surface area contributed by atoms with E-state index in [0.717, 1.165) is 6.07 Å². The molecule has 0 aliphatic heterocycles. The molecule has 0 heterocycles.